The largest absolute Gasteiger partial charge is 0.293 e. The van der Waals surface area contributed by atoms with E-state index >= 15 is 0 Å². The molecule has 8 heteroatoms. The van der Waals surface area contributed by atoms with Crippen LogP contribution in [0, 0.1) is 13.8 Å². The quantitative estimate of drug-likeness (QED) is 0.400. The third kappa shape index (κ3) is 3.52. The zero-order valence-electron chi connectivity index (χ0n) is 16.8. The summed E-state index contributed by atoms with van der Waals surface area (Å²) < 4.78 is 3.30. The Bertz CT molecular complexity index is 1430. The highest BCUT2D eigenvalue weighted by Gasteiger charge is 2.21. The molecule has 0 aliphatic heterocycles. The first-order valence-electron chi connectivity index (χ1n) is 9.67. The third-order valence-corrected chi connectivity index (χ3v) is 6.06. The molecule has 31 heavy (non-hydrogen) atoms. The number of para-hydroxylation sites is 1. The van der Waals surface area contributed by atoms with Crippen molar-refractivity contribution >= 4 is 22.9 Å². The van der Waals surface area contributed by atoms with Crippen LogP contribution in [0.15, 0.2) is 70.8 Å². The number of halogens is 1. The van der Waals surface area contributed by atoms with Gasteiger partial charge in [0.2, 0.25) is 5.13 Å². The topological polar surface area (TPSA) is 68.5 Å². The SMILES string of the molecule is Cc1cc(-c2c(C)[nH]n(-c3nc(-c4ccc(Cl)cc4)cs3)c2=O)n(-c2ccccc2)n1. The van der Waals surface area contributed by atoms with E-state index in [-0.39, 0.29) is 5.56 Å². The second-order valence-electron chi connectivity index (χ2n) is 7.19. The summed E-state index contributed by atoms with van der Waals surface area (Å²) in [5.41, 5.74) is 5.39. The first-order chi connectivity index (χ1) is 15.0. The number of nitrogens with zero attached hydrogens (tertiary/aromatic N) is 4. The lowest BCUT2D eigenvalue weighted by Gasteiger charge is -2.05. The maximum atomic E-state index is 13.4. The Kier molecular flexibility index (Phi) is 4.84. The molecule has 0 fully saturated rings. The highest BCUT2D eigenvalue weighted by atomic mass is 35.5. The van der Waals surface area contributed by atoms with E-state index in [1.54, 1.807) is 4.68 Å². The first-order valence-corrected chi connectivity index (χ1v) is 10.9. The molecule has 0 bridgehead atoms. The van der Waals surface area contributed by atoms with Gasteiger partial charge in [-0.15, -0.1) is 11.3 Å². The van der Waals surface area contributed by atoms with Crippen molar-refractivity contribution in [3.05, 3.63) is 92.8 Å². The molecule has 0 saturated heterocycles. The van der Waals surface area contributed by atoms with E-state index in [4.69, 9.17) is 11.6 Å². The zero-order chi connectivity index (χ0) is 21.5. The lowest BCUT2D eigenvalue weighted by atomic mass is 10.1. The molecule has 0 amide bonds. The second kappa shape index (κ2) is 7.68. The van der Waals surface area contributed by atoms with Crippen LogP contribution in [0.25, 0.3) is 33.3 Å². The Morgan fingerprint density at radius 3 is 2.52 bits per heavy atom. The molecule has 0 saturated carbocycles. The van der Waals surface area contributed by atoms with Crippen molar-refractivity contribution in [1.29, 1.82) is 0 Å². The molecule has 3 heterocycles. The second-order valence-corrected chi connectivity index (χ2v) is 8.47. The van der Waals surface area contributed by atoms with E-state index in [1.807, 2.05) is 79.9 Å². The highest BCUT2D eigenvalue weighted by Crippen LogP contribution is 2.27. The van der Waals surface area contributed by atoms with Gasteiger partial charge in [0.15, 0.2) is 0 Å². The van der Waals surface area contributed by atoms with Gasteiger partial charge in [0.05, 0.1) is 28.3 Å². The average Bonchev–Trinajstić information content (AvgIpc) is 3.47. The van der Waals surface area contributed by atoms with Gasteiger partial charge in [0, 0.05) is 21.7 Å². The van der Waals surface area contributed by atoms with Gasteiger partial charge in [-0.2, -0.15) is 9.78 Å². The Hall–Kier alpha value is -3.42. The maximum Gasteiger partial charge on any atom is 0.283 e. The van der Waals surface area contributed by atoms with Gasteiger partial charge in [-0.25, -0.2) is 9.67 Å². The number of aromatic nitrogens is 5. The van der Waals surface area contributed by atoms with Crippen LogP contribution in [0.5, 0.6) is 0 Å². The van der Waals surface area contributed by atoms with Crippen LogP contribution in [0.3, 0.4) is 0 Å². The number of benzene rings is 2. The van der Waals surface area contributed by atoms with E-state index in [9.17, 15) is 4.79 Å². The summed E-state index contributed by atoms with van der Waals surface area (Å²) in [6.45, 7) is 3.81. The summed E-state index contributed by atoms with van der Waals surface area (Å²) >= 11 is 7.39. The van der Waals surface area contributed by atoms with Gasteiger partial charge >= 0.3 is 0 Å². The highest BCUT2D eigenvalue weighted by molar-refractivity contribution is 7.12. The molecular formula is C23H18ClN5OS. The third-order valence-electron chi connectivity index (χ3n) is 4.98. The molecule has 5 aromatic rings. The minimum absolute atomic E-state index is 0.161. The number of thiazole rings is 1. The first kappa shape index (κ1) is 19.5. The molecule has 0 atom stereocenters. The summed E-state index contributed by atoms with van der Waals surface area (Å²) in [5, 5.41) is 11.0. The summed E-state index contributed by atoms with van der Waals surface area (Å²) in [4.78, 5) is 18.1. The summed E-state index contributed by atoms with van der Waals surface area (Å²) in [5.74, 6) is 0. The molecule has 3 aromatic heterocycles. The van der Waals surface area contributed by atoms with Crippen molar-refractivity contribution in [1.82, 2.24) is 24.5 Å². The molecule has 0 aliphatic carbocycles. The number of hydrogen-bond donors (Lipinski definition) is 1. The van der Waals surface area contributed by atoms with Crippen molar-refractivity contribution in [2.24, 2.45) is 0 Å². The Labute approximate surface area is 187 Å². The van der Waals surface area contributed by atoms with Crippen LogP contribution in [0.4, 0.5) is 0 Å². The van der Waals surface area contributed by atoms with Crippen LogP contribution in [-0.2, 0) is 0 Å². The molecule has 154 valence electrons. The van der Waals surface area contributed by atoms with Gasteiger partial charge in [0.1, 0.15) is 0 Å². The smallest absolute Gasteiger partial charge is 0.283 e. The summed E-state index contributed by atoms with van der Waals surface area (Å²) in [6.07, 6.45) is 0. The Morgan fingerprint density at radius 1 is 1.03 bits per heavy atom. The number of nitrogens with one attached hydrogen (secondary N) is 1. The fourth-order valence-corrected chi connectivity index (χ4v) is 4.46. The van der Waals surface area contributed by atoms with E-state index in [2.05, 4.69) is 15.2 Å². The van der Waals surface area contributed by atoms with Gasteiger partial charge in [-0.05, 0) is 44.2 Å². The lowest BCUT2D eigenvalue weighted by Crippen LogP contribution is -2.16. The molecule has 1 N–H and O–H groups in total. The Balaban J connectivity index is 1.60. The minimum atomic E-state index is -0.161. The van der Waals surface area contributed by atoms with Crippen molar-refractivity contribution in [3.63, 3.8) is 0 Å². The van der Waals surface area contributed by atoms with Crippen molar-refractivity contribution in [2.75, 3.05) is 0 Å². The molecule has 0 spiro atoms. The number of aryl methyl sites for hydroxylation is 2. The summed E-state index contributed by atoms with van der Waals surface area (Å²) in [7, 11) is 0. The fraction of sp³-hybridized carbons (Fsp3) is 0.0870. The monoisotopic (exact) mass is 447 g/mol. The van der Waals surface area contributed by atoms with Crippen LogP contribution >= 0.6 is 22.9 Å². The molecule has 0 aliphatic rings. The van der Waals surface area contributed by atoms with Crippen LogP contribution < -0.4 is 5.56 Å². The molecule has 6 nitrogen and oxygen atoms in total. The normalized spacial score (nSPS) is 11.2. The molecular weight excluding hydrogens is 430 g/mol. The van der Waals surface area contributed by atoms with Gasteiger partial charge in [0.25, 0.3) is 5.56 Å². The van der Waals surface area contributed by atoms with Crippen LogP contribution in [0.1, 0.15) is 11.4 Å². The fourth-order valence-electron chi connectivity index (χ4n) is 3.55. The van der Waals surface area contributed by atoms with E-state index < -0.39 is 0 Å². The predicted molar refractivity (Wildman–Crippen MR) is 125 cm³/mol. The van der Waals surface area contributed by atoms with E-state index in [1.165, 1.54) is 16.0 Å². The molecule has 0 unspecified atom stereocenters. The predicted octanol–water partition coefficient (Wildman–Crippen LogP) is 5.41. The number of rotatable bonds is 4. The molecule has 5 rings (SSSR count). The van der Waals surface area contributed by atoms with Crippen molar-refractivity contribution in [2.45, 2.75) is 13.8 Å². The van der Waals surface area contributed by atoms with E-state index in [0.29, 0.717) is 15.7 Å². The van der Waals surface area contributed by atoms with Crippen LogP contribution in [0.2, 0.25) is 5.02 Å². The van der Waals surface area contributed by atoms with Gasteiger partial charge < -0.3 is 0 Å². The summed E-state index contributed by atoms with van der Waals surface area (Å²) in [6, 6.07) is 19.2. The van der Waals surface area contributed by atoms with Crippen molar-refractivity contribution in [3.8, 4) is 33.3 Å². The van der Waals surface area contributed by atoms with Gasteiger partial charge in [-0.3, -0.25) is 9.89 Å². The number of H-pyrrole nitrogens is 1. The number of aromatic amines is 1. The average molecular weight is 448 g/mol. The lowest BCUT2D eigenvalue weighted by molar-refractivity contribution is 0.827. The Morgan fingerprint density at radius 2 is 1.77 bits per heavy atom. The van der Waals surface area contributed by atoms with E-state index in [0.717, 1.165) is 34.0 Å². The molecule has 2 aromatic carbocycles. The number of hydrogen-bond acceptors (Lipinski definition) is 4. The van der Waals surface area contributed by atoms with Crippen molar-refractivity contribution < 1.29 is 0 Å². The maximum absolute atomic E-state index is 13.4. The minimum Gasteiger partial charge on any atom is -0.293 e. The standard InChI is InChI=1S/C23H18ClN5OS/c1-14-12-20(28(26-14)18-6-4-3-5-7-18)21-15(2)27-29(22(21)30)23-25-19(13-31-23)16-8-10-17(24)11-9-16/h3-13,27H,1-2H3. The van der Waals surface area contributed by atoms with Gasteiger partial charge in [-0.1, -0.05) is 41.9 Å². The van der Waals surface area contributed by atoms with Crippen LogP contribution in [-0.4, -0.2) is 24.5 Å². The zero-order valence-corrected chi connectivity index (χ0v) is 18.4. The molecule has 0 radical (unpaired) electrons.